The number of rotatable bonds is 4. The second-order valence-corrected chi connectivity index (χ2v) is 5.12. The summed E-state index contributed by atoms with van der Waals surface area (Å²) in [6, 6.07) is 0.352. The van der Waals surface area contributed by atoms with Gasteiger partial charge in [-0.3, -0.25) is 9.59 Å². The summed E-state index contributed by atoms with van der Waals surface area (Å²) in [5.41, 5.74) is 0. The zero-order chi connectivity index (χ0) is 13.0. The molecule has 18 heavy (non-hydrogen) atoms. The summed E-state index contributed by atoms with van der Waals surface area (Å²) in [5.74, 6) is 0.631. The van der Waals surface area contributed by atoms with E-state index in [2.05, 4.69) is 10.2 Å². The average Bonchev–Trinajstić information content (AvgIpc) is 2.36. The minimum Gasteiger partial charge on any atom is -0.466 e. The van der Waals surface area contributed by atoms with Crippen LogP contribution in [0.3, 0.4) is 0 Å². The Morgan fingerprint density at radius 3 is 3.11 bits per heavy atom. The highest BCUT2D eigenvalue weighted by atomic mass is 16.5. The number of carbonyl (C=O) groups is 2. The predicted octanol–water partition coefficient (Wildman–Crippen LogP) is 0.540. The van der Waals surface area contributed by atoms with E-state index >= 15 is 0 Å². The van der Waals surface area contributed by atoms with E-state index in [9.17, 15) is 9.59 Å². The SMILES string of the molecule is CCOC(=O)CCN1CCC2NC(=O)CCC2C1. The van der Waals surface area contributed by atoms with E-state index < -0.39 is 0 Å². The fraction of sp³-hybridized carbons (Fsp3) is 0.846. The Morgan fingerprint density at radius 1 is 1.50 bits per heavy atom. The van der Waals surface area contributed by atoms with Gasteiger partial charge in [0, 0.05) is 32.1 Å². The van der Waals surface area contributed by atoms with E-state index in [0.29, 0.717) is 31.4 Å². The molecular weight excluding hydrogens is 232 g/mol. The maximum atomic E-state index is 11.3. The van der Waals surface area contributed by atoms with Gasteiger partial charge in [-0.05, 0) is 25.7 Å². The number of nitrogens with zero attached hydrogens (tertiary/aromatic N) is 1. The van der Waals surface area contributed by atoms with Crippen molar-refractivity contribution in [3.05, 3.63) is 0 Å². The molecule has 5 nitrogen and oxygen atoms in total. The summed E-state index contributed by atoms with van der Waals surface area (Å²) in [4.78, 5) is 24.9. The largest absolute Gasteiger partial charge is 0.466 e. The van der Waals surface area contributed by atoms with Crippen LogP contribution in [-0.4, -0.2) is 49.1 Å². The molecule has 0 aromatic heterocycles. The van der Waals surface area contributed by atoms with Crippen molar-refractivity contribution in [3.8, 4) is 0 Å². The molecule has 2 saturated heterocycles. The molecule has 0 radical (unpaired) electrons. The summed E-state index contributed by atoms with van der Waals surface area (Å²) < 4.78 is 4.93. The third-order valence-corrected chi connectivity index (χ3v) is 3.84. The van der Waals surface area contributed by atoms with Crippen molar-refractivity contribution < 1.29 is 14.3 Å². The normalized spacial score (nSPS) is 28.4. The molecule has 2 unspecified atom stereocenters. The molecule has 5 heteroatoms. The highest BCUT2D eigenvalue weighted by Gasteiger charge is 2.33. The van der Waals surface area contributed by atoms with Crippen molar-refractivity contribution in [1.29, 1.82) is 0 Å². The van der Waals surface area contributed by atoms with Crippen LogP contribution in [0.2, 0.25) is 0 Å². The van der Waals surface area contributed by atoms with Crippen LogP contribution in [0.25, 0.3) is 0 Å². The van der Waals surface area contributed by atoms with Crippen molar-refractivity contribution in [1.82, 2.24) is 10.2 Å². The van der Waals surface area contributed by atoms with Crippen LogP contribution in [0, 0.1) is 5.92 Å². The zero-order valence-electron chi connectivity index (χ0n) is 11.0. The number of hydrogen-bond acceptors (Lipinski definition) is 4. The van der Waals surface area contributed by atoms with Crippen LogP contribution in [0.1, 0.15) is 32.6 Å². The number of fused-ring (bicyclic) bond motifs is 1. The van der Waals surface area contributed by atoms with E-state index in [-0.39, 0.29) is 11.9 Å². The third-order valence-electron chi connectivity index (χ3n) is 3.84. The van der Waals surface area contributed by atoms with Crippen LogP contribution >= 0.6 is 0 Å². The van der Waals surface area contributed by atoms with Crippen molar-refractivity contribution >= 4 is 11.9 Å². The van der Waals surface area contributed by atoms with Crippen molar-refractivity contribution in [2.45, 2.75) is 38.6 Å². The minimum absolute atomic E-state index is 0.114. The topological polar surface area (TPSA) is 58.6 Å². The number of carbonyl (C=O) groups excluding carboxylic acids is 2. The Labute approximate surface area is 108 Å². The van der Waals surface area contributed by atoms with Gasteiger partial charge in [0.1, 0.15) is 0 Å². The number of hydrogen-bond donors (Lipinski definition) is 1. The van der Waals surface area contributed by atoms with Gasteiger partial charge in [0.05, 0.1) is 13.0 Å². The van der Waals surface area contributed by atoms with E-state index in [4.69, 9.17) is 4.74 Å². The van der Waals surface area contributed by atoms with Crippen molar-refractivity contribution in [2.75, 3.05) is 26.2 Å². The highest BCUT2D eigenvalue weighted by molar-refractivity contribution is 5.77. The Balaban J connectivity index is 1.74. The molecule has 0 bridgehead atoms. The van der Waals surface area contributed by atoms with Gasteiger partial charge in [-0.1, -0.05) is 0 Å². The molecule has 0 aromatic rings. The van der Waals surface area contributed by atoms with Gasteiger partial charge in [-0.15, -0.1) is 0 Å². The molecule has 2 rings (SSSR count). The lowest BCUT2D eigenvalue weighted by Gasteiger charge is -2.41. The molecule has 2 fully saturated rings. The van der Waals surface area contributed by atoms with Gasteiger partial charge in [-0.2, -0.15) is 0 Å². The first-order valence-corrected chi connectivity index (χ1v) is 6.86. The molecule has 0 aliphatic carbocycles. The van der Waals surface area contributed by atoms with Gasteiger partial charge in [0.25, 0.3) is 0 Å². The molecule has 2 atom stereocenters. The number of likely N-dealkylation sites (tertiary alicyclic amines) is 1. The second kappa shape index (κ2) is 6.18. The maximum absolute atomic E-state index is 11.3. The summed E-state index contributed by atoms with van der Waals surface area (Å²) >= 11 is 0. The molecule has 1 N–H and O–H groups in total. The Morgan fingerprint density at radius 2 is 2.33 bits per heavy atom. The molecule has 1 amide bonds. The monoisotopic (exact) mass is 254 g/mol. The first-order valence-electron chi connectivity index (χ1n) is 6.86. The first-order chi connectivity index (χ1) is 8.69. The molecular formula is C13H22N2O3. The number of nitrogens with one attached hydrogen (secondary N) is 1. The summed E-state index contributed by atoms with van der Waals surface area (Å²) in [6.07, 6.45) is 3.09. The van der Waals surface area contributed by atoms with E-state index in [1.165, 1.54) is 0 Å². The van der Waals surface area contributed by atoms with Gasteiger partial charge in [-0.25, -0.2) is 0 Å². The molecule has 2 heterocycles. The Kier molecular flexibility index (Phi) is 4.58. The quantitative estimate of drug-likeness (QED) is 0.744. The number of amides is 1. The van der Waals surface area contributed by atoms with Crippen LogP contribution < -0.4 is 5.32 Å². The fourth-order valence-electron chi connectivity index (χ4n) is 2.87. The molecule has 0 saturated carbocycles. The highest BCUT2D eigenvalue weighted by Crippen LogP contribution is 2.25. The van der Waals surface area contributed by atoms with Gasteiger partial charge >= 0.3 is 5.97 Å². The lowest BCUT2D eigenvalue weighted by molar-refractivity contribution is -0.143. The Hall–Kier alpha value is -1.10. The third kappa shape index (κ3) is 3.45. The summed E-state index contributed by atoms with van der Waals surface area (Å²) in [6.45, 7) is 5.00. The lowest BCUT2D eigenvalue weighted by atomic mass is 9.85. The van der Waals surface area contributed by atoms with Crippen LogP contribution in [0.15, 0.2) is 0 Å². The molecule has 2 aliphatic heterocycles. The van der Waals surface area contributed by atoms with Crippen molar-refractivity contribution in [2.24, 2.45) is 5.92 Å². The maximum Gasteiger partial charge on any atom is 0.307 e. The van der Waals surface area contributed by atoms with Crippen LogP contribution in [0.4, 0.5) is 0 Å². The smallest absolute Gasteiger partial charge is 0.307 e. The average molecular weight is 254 g/mol. The molecule has 0 spiro atoms. The molecule has 102 valence electrons. The lowest BCUT2D eigenvalue weighted by Crippen LogP contribution is -2.54. The molecule has 2 aliphatic rings. The second-order valence-electron chi connectivity index (χ2n) is 5.12. The Bertz CT molecular complexity index is 319. The fourth-order valence-corrected chi connectivity index (χ4v) is 2.87. The predicted molar refractivity (Wildman–Crippen MR) is 67.0 cm³/mol. The van der Waals surface area contributed by atoms with E-state index in [1.54, 1.807) is 0 Å². The first kappa shape index (κ1) is 13.3. The van der Waals surface area contributed by atoms with E-state index in [1.807, 2.05) is 6.92 Å². The standard InChI is InChI=1S/C13H22N2O3/c1-2-18-13(17)6-8-15-7-5-11-10(9-15)3-4-12(16)14-11/h10-11H,2-9H2,1H3,(H,14,16). The van der Waals surface area contributed by atoms with Gasteiger partial charge < -0.3 is 15.0 Å². The zero-order valence-corrected chi connectivity index (χ0v) is 11.0. The van der Waals surface area contributed by atoms with Gasteiger partial charge in [0.2, 0.25) is 5.91 Å². The van der Waals surface area contributed by atoms with Crippen molar-refractivity contribution in [3.63, 3.8) is 0 Å². The number of ether oxygens (including phenoxy) is 1. The van der Waals surface area contributed by atoms with Gasteiger partial charge in [0.15, 0.2) is 0 Å². The minimum atomic E-state index is -0.114. The van der Waals surface area contributed by atoms with Crippen LogP contribution in [0.5, 0.6) is 0 Å². The van der Waals surface area contributed by atoms with E-state index in [0.717, 1.165) is 32.5 Å². The number of esters is 1. The summed E-state index contributed by atoms with van der Waals surface area (Å²) in [7, 11) is 0. The number of piperidine rings is 2. The molecule has 0 aromatic carbocycles. The summed E-state index contributed by atoms with van der Waals surface area (Å²) in [5, 5.41) is 3.07. The van der Waals surface area contributed by atoms with Crippen LogP contribution in [-0.2, 0) is 14.3 Å².